The number of anilines is 1. The van der Waals surface area contributed by atoms with Crippen LogP contribution in [-0.2, 0) is 32.6 Å². The van der Waals surface area contributed by atoms with Crippen LogP contribution in [0.1, 0.15) is 29.2 Å². The topological polar surface area (TPSA) is 86.8 Å². The van der Waals surface area contributed by atoms with Gasteiger partial charge in [0.25, 0.3) is 10.0 Å². The minimum Gasteiger partial charge on any atom is -0.355 e. The van der Waals surface area contributed by atoms with E-state index in [1.54, 1.807) is 55.5 Å². The standard InChI is InChI=1S/C34H35Cl2N3O4S/c1-4-37-34(41)32(20-26-11-7-5-8-12-26)38(22-27-15-16-28(35)21-31(27)36)33(40)23-39(29-18-24(2)17-25(3)19-29)44(42,43)30-13-9-6-10-14-30/h5-19,21,32H,4,20,22-23H2,1-3H3,(H,37,41)/t32-/m0/s1. The molecule has 2 amide bonds. The molecule has 1 atom stereocenters. The molecule has 0 aliphatic carbocycles. The molecule has 4 rings (SSSR count). The number of carbonyl (C=O) groups excluding carboxylic acids is 2. The summed E-state index contributed by atoms with van der Waals surface area (Å²) in [5.74, 6) is -0.930. The summed E-state index contributed by atoms with van der Waals surface area (Å²) in [7, 11) is -4.18. The van der Waals surface area contributed by atoms with E-state index in [9.17, 15) is 18.0 Å². The lowest BCUT2D eigenvalue weighted by Crippen LogP contribution is -2.53. The Bertz CT molecular complexity index is 1700. The molecule has 4 aromatic carbocycles. The van der Waals surface area contributed by atoms with Crippen molar-refractivity contribution in [2.45, 2.75) is 44.7 Å². The van der Waals surface area contributed by atoms with Crippen LogP contribution in [0.5, 0.6) is 0 Å². The van der Waals surface area contributed by atoms with E-state index < -0.39 is 28.5 Å². The molecular weight excluding hydrogens is 617 g/mol. The Labute approximate surface area is 269 Å². The highest BCUT2D eigenvalue weighted by atomic mass is 35.5. The first kappa shape index (κ1) is 33.1. The Morgan fingerprint density at radius 1 is 0.841 bits per heavy atom. The van der Waals surface area contributed by atoms with Gasteiger partial charge in [-0.05, 0) is 79.4 Å². The molecule has 0 spiro atoms. The maximum atomic E-state index is 14.5. The highest BCUT2D eigenvalue weighted by Crippen LogP contribution is 2.28. The lowest BCUT2D eigenvalue weighted by molar-refractivity contribution is -0.140. The molecule has 0 unspecified atom stereocenters. The molecule has 7 nitrogen and oxygen atoms in total. The quantitative estimate of drug-likeness (QED) is 0.187. The van der Waals surface area contributed by atoms with E-state index in [1.807, 2.05) is 50.2 Å². The molecular formula is C34H35Cl2N3O4S. The molecule has 4 aromatic rings. The van der Waals surface area contributed by atoms with Crippen LogP contribution in [0.2, 0.25) is 10.0 Å². The number of rotatable bonds is 12. The molecule has 44 heavy (non-hydrogen) atoms. The van der Waals surface area contributed by atoms with Crippen LogP contribution in [0.15, 0.2) is 102 Å². The van der Waals surface area contributed by atoms with Gasteiger partial charge >= 0.3 is 0 Å². The Hall–Kier alpha value is -3.85. The summed E-state index contributed by atoms with van der Waals surface area (Å²) in [6, 6.07) is 26.7. The smallest absolute Gasteiger partial charge is 0.264 e. The van der Waals surface area contributed by atoms with Crippen LogP contribution in [0.25, 0.3) is 0 Å². The first-order valence-corrected chi connectivity index (χ1v) is 16.4. The zero-order chi connectivity index (χ0) is 31.9. The molecule has 0 aromatic heterocycles. The fraction of sp³-hybridized carbons (Fsp3) is 0.235. The van der Waals surface area contributed by atoms with Crippen molar-refractivity contribution < 1.29 is 18.0 Å². The average Bonchev–Trinajstić information content (AvgIpc) is 2.99. The van der Waals surface area contributed by atoms with Gasteiger partial charge in [-0.1, -0.05) is 83.9 Å². The van der Waals surface area contributed by atoms with Crippen LogP contribution in [0, 0.1) is 13.8 Å². The second-order valence-corrected chi connectivity index (χ2v) is 13.2. The number of nitrogens with one attached hydrogen (secondary N) is 1. The molecule has 0 aliphatic rings. The second kappa shape index (κ2) is 14.8. The third kappa shape index (κ3) is 8.20. The average molecular weight is 653 g/mol. The Balaban J connectivity index is 1.83. The van der Waals surface area contributed by atoms with Gasteiger partial charge in [0.2, 0.25) is 11.8 Å². The van der Waals surface area contributed by atoms with Gasteiger partial charge in [-0.3, -0.25) is 13.9 Å². The van der Waals surface area contributed by atoms with Gasteiger partial charge in [0.15, 0.2) is 0 Å². The summed E-state index contributed by atoms with van der Waals surface area (Å²) < 4.78 is 29.3. The fourth-order valence-electron chi connectivity index (χ4n) is 5.02. The number of halogens is 2. The van der Waals surface area contributed by atoms with Crippen molar-refractivity contribution in [2.24, 2.45) is 0 Å². The number of carbonyl (C=O) groups is 2. The van der Waals surface area contributed by atoms with Gasteiger partial charge in [0, 0.05) is 29.6 Å². The summed E-state index contributed by atoms with van der Waals surface area (Å²) in [6.07, 6.45) is 0.207. The van der Waals surface area contributed by atoms with Crippen LogP contribution in [0.4, 0.5) is 5.69 Å². The van der Waals surface area contributed by atoms with Crippen molar-refractivity contribution in [1.82, 2.24) is 10.2 Å². The number of hydrogen-bond acceptors (Lipinski definition) is 4. The molecule has 1 N–H and O–H groups in total. The summed E-state index contributed by atoms with van der Waals surface area (Å²) >= 11 is 12.7. The van der Waals surface area contributed by atoms with Gasteiger partial charge in [0.1, 0.15) is 12.6 Å². The lowest BCUT2D eigenvalue weighted by atomic mass is 10.0. The lowest BCUT2D eigenvalue weighted by Gasteiger charge is -2.34. The maximum absolute atomic E-state index is 14.5. The van der Waals surface area contributed by atoms with Crippen molar-refractivity contribution in [2.75, 3.05) is 17.4 Å². The molecule has 0 aliphatic heterocycles. The van der Waals surface area contributed by atoms with Crippen molar-refractivity contribution >= 4 is 50.7 Å². The first-order chi connectivity index (χ1) is 21.0. The van der Waals surface area contributed by atoms with Gasteiger partial charge in [0.05, 0.1) is 10.6 Å². The molecule has 230 valence electrons. The Kier molecular flexibility index (Phi) is 11.1. The highest BCUT2D eigenvalue weighted by Gasteiger charge is 2.35. The van der Waals surface area contributed by atoms with Gasteiger partial charge in [-0.15, -0.1) is 0 Å². The number of benzene rings is 4. The van der Waals surface area contributed by atoms with Crippen molar-refractivity contribution in [3.63, 3.8) is 0 Å². The van der Waals surface area contributed by atoms with Crippen molar-refractivity contribution in [1.29, 1.82) is 0 Å². The second-order valence-electron chi connectivity index (χ2n) is 10.5. The first-order valence-electron chi connectivity index (χ1n) is 14.2. The van der Waals surface area contributed by atoms with E-state index >= 15 is 0 Å². The molecule has 0 saturated heterocycles. The van der Waals surface area contributed by atoms with Crippen LogP contribution < -0.4 is 9.62 Å². The number of sulfonamides is 1. The number of likely N-dealkylation sites (N-methyl/N-ethyl adjacent to an activating group) is 1. The zero-order valence-corrected chi connectivity index (χ0v) is 27.2. The minimum atomic E-state index is -4.18. The third-order valence-electron chi connectivity index (χ3n) is 7.08. The normalized spacial score (nSPS) is 11.9. The minimum absolute atomic E-state index is 0.0452. The van der Waals surface area contributed by atoms with Crippen LogP contribution in [-0.4, -0.2) is 44.3 Å². The van der Waals surface area contributed by atoms with E-state index in [-0.39, 0.29) is 23.8 Å². The predicted molar refractivity (Wildman–Crippen MR) is 177 cm³/mol. The van der Waals surface area contributed by atoms with Gasteiger partial charge < -0.3 is 10.2 Å². The SMILES string of the molecule is CCNC(=O)[C@H](Cc1ccccc1)N(Cc1ccc(Cl)cc1Cl)C(=O)CN(c1cc(C)cc(C)c1)S(=O)(=O)c1ccccc1. The number of aryl methyl sites for hydroxylation is 2. The molecule has 0 radical (unpaired) electrons. The molecule has 10 heteroatoms. The van der Waals surface area contributed by atoms with E-state index in [0.717, 1.165) is 21.0 Å². The molecule has 0 fully saturated rings. The maximum Gasteiger partial charge on any atom is 0.264 e. The third-order valence-corrected chi connectivity index (χ3v) is 9.46. The monoisotopic (exact) mass is 651 g/mol. The Morgan fingerprint density at radius 2 is 1.45 bits per heavy atom. The van der Waals surface area contributed by atoms with Crippen LogP contribution >= 0.6 is 23.2 Å². The molecule has 0 bridgehead atoms. The van der Waals surface area contributed by atoms with E-state index in [0.29, 0.717) is 27.8 Å². The summed E-state index contributed by atoms with van der Waals surface area (Å²) in [5, 5.41) is 3.60. The van der Waals surface area contributed by atoms with Crippen molar-refractivity contribution in [3.8, 4) is 0 Å². The highest BCUT2D eigenvalue weighted by molar-refractivity contribution is 7.92. The molecule has 0 saturated carbocycles. The summed E-state index contributed by atoms with van der Waals surface area (Å²) in [5.41, 5.74) is 3.44. The number of hydrogen-bond donors (Lipinski definition) is 1. The van der Waals surface area contributed by atoms with E-state index in [1.165, 1.54) is 17.0 Å². The summed E-state index contributed by atoms with van der Waals surface area (Å²) in [4.78, 5) is 29.5. The van der Waals surface area contributed by atoms with Gasteiger partial charge in [-0.25, -0.2) is 8.42 Å². The van der Waals surface area contributed by atoms with Gasteiger partial charge in [-0.2, -0.15) is 0 Å². The fourth-order valence-corrected chi connectivity index (χ4v) is 6.91. The van der Waals surface area contributed by atoms with E-state index in [2.05, 4.69) is 5.32 Å². The summed E-state index contributed by atoms with van der Waals surface area (Å²) in [6.45, 7) is 5.29. The predicted octanol–water partition coefficient (Wildman–Crippen LogP) is 6.58. The number of amides is 2. The Morgan fingerprint density at radius 3 is 2.05 bits per heavy atom. The molecule has 0 heterocycles. The van der Waals surface area contributed by atoms with Crippen LogP contribution in [0.3, 0.4) is 0 Å². The number of nitrogens with zero attached hydrogens (tertiary/aromatic N) is 2. The largest absolute Gasteiger partial charge is 0.355 e. The zero-order valence-electron chi connectivity index (χ0n) is 24.8. The van der Waals surface area contributed by atoms with E-state index in [4.69, 9.17) is 23.2 Å². The van der Waals surface area contributed by atoms with Crippen molar-refractivity contribution in [3.05, 3.63) is 129 Å².